The van der Waals surface area contributed by atoms with Crippen LogP contribution in [0.2, 0.25) is 0 Å². The molecule has 2 heterocycles. The van der Waals surface area contributed by atoms with Crippen molar-refractivity contribution >= 4 is 28.6 Å². The topological polar surface area (TPSA) is 87.9 Å². The van der Waals surface area contributed by atoms with Crippen LogP contribution >= 0.6 is 0 Å². The summed E-state index contributed by atoms with van der Waals surface area (Å²) in [5.41, 5.74) is 0.808. The minimum atomic E-state index is -4.39. The zero-order chi connectivity index (χ0) is 20.3. The van der Waals surface area contributed by atoms with Gasteiger partial charge in [0.25, 0.3) is 0 Å². The van der Waals surface area contributed by atoms with Gasteiger partial charge in [-0.15, -0.1) is 0 Å². The summed E-state index contributed by atoms with van der Waals surface area (Å²) >= 11 is 0. The van der Waals surface area contributed by atoms with Crippen molar-refractivity contribution in [3.05, 3.63) is 36.2 Å². The van der Waals surface area contributed by atoms with Gasteiger partial charge >= 0.3 is 6.18 Å². The first-order valence-corrected chi connectivity index (χ1v) is 8.90. The number of rotatable bonds is 7. The Labute approximate surface area is 159 Å². The number of alkyl halides is 3. The number of aliphatic hydroxyl groups excluding tert-OH is 1. The highest BCUT2D eigenvalue weighted by atomic mass is 19.4. The highest BCUT2D eigenvalue weighted by Crippen LogP contribution is 2.31. The van der Waals surface area contributed by atoms with E-state index in [9.17, 15) is 18.3 Å². The molecule has 0 amide bonds. The molecule has 0 aliphatic heterocycles. The molecule has 3 rings (SSSR count). The minimum absolute atomic E-state index is 0.0768. The number of halogens is 3. The maximum Gasteiger partial charge on any atom is 0.416 e. The first-order chi connectivity index (χ1) is 13.4. The lowest BCUT2D eigenvalue weighted by molar-refractivity contribution is -0.137. The van der Waals surface area contributed by atoms with Crippen LogP contribution in [0, 0.1) is 0 Å². The number of nitrogens with one attached hydrogen (secondary N) is 2. The third-order valence-electron chi connectivity index (χ3n) is 4.33. The minimum Gasteiger partial charge on any atom is -0.394 e. The van der Waals surface area contributed by atoms with Crippen molar-refractivity contribution in [3.8, 4) is 0 Å². The summed E-state index contributed by atoms with van der Waals surface area (Å²) in [5, 5.41) is 15.5. The lowest BCUT2D eigenvalue weighted by atomic mass is 10.2. The molecule has 0 spiro atoms. The number of fused-ring (bicyclic) bond motifs is 1. The van der Waals surface area contributed by atoms with Crippen LogP contribution in [0.5, 0.6) is 0 Å². The monoisotopic (exact) mass is 394 g/mol. The molecule has 0 saturated heterocycles. The summed E-state index contributed by atoms with van der Waals surface area (Å²) in [6.45, 7) is 4.43. The molecule has 0 radical (unpaired) electrons. The molecule has 0 saturated carbocycles. The van der Waals surface area contributed by atoms with Gasteiger partial charge in [-0.2, -0.15) is 23.1 Å². The largest absolute Gasteiger partial charge is 0.416 e. The molecule has 1 atom stereocenters. The second-order valence-corrected chi connectivity index (χ2v) is 6.23. The van der Waals surface area contributed by atoms with Crippen LogP contribution in [0.3, 0.4) is 0 Å². The summed E-state index contributed by atoms with van der Waals surface area (Å²) in [4.78, 5) is 13.2. The van der Waals surface area contributed by atoms with E-state index in [1.54, 1.807) is 6.33 Å². The van der Waals surface area contributed by atoms with E-state index in [1.807, 2.05) is 18.4 Å². The summed E-state index contributed by atoms with van der Waals surface area (Å²) in [7, 11) is 0. The average molecular weight is 394 g/mol. The Balaban J connectivity index is 1.97. The summed E-state index contributed by atoms with van der Waals surface area (Å²) in [5.74, 6) is 0.672. The lowest BCUT2D eigenvalue weighted by Crippen LogP contribution is -2.24. The number of hydrogen-bond donors (Lipinski definition) is 3. The quantitative estimate of drug-likeness (QED) is 0.565. The van der Waals surface area contributed by atoms with Crippen molar-refractivity contribution in [2.45, 2.75) is 39.0 Å². The van der Waals surface area contributed by atoms with Crippen LogP contribution in [0.1, 0.15) is 25.8 Å². The highest BCUT2D eigenvalue weighted by molar-refractivity contribution is 5.86. The number of anilines is 3. The van der Waals surface area contributed by atoms with E-state index in [4.69, 9.17) is 0 Å². The smallest absolute Gasteiger partial charge is 0.394 e. The third kappa shape index (κ3) is 4.16. The summed E-state index contributed by atoms with van der Waals surface area (Å²) < 4.78 is 40.1. The summed E-state index contributed by atoms with van der Waals surface area (Å²) in [6, 6.07) is 4.47. The molecule has 3 N–H and O–H groups in total. The molecular weight excluding hydrogens is 373 g/mol. The van der Waals surface area contributed by atoms with Gasteiger partial charge in [-0.05, 0) is 37.6 Å². The molecule has 0 aliphatic carbocycles. The molecule has 150 valence electrons. The predicted octanol–water partition coefficient (Wildman–Crippen LogP) is 3.79. The number of aromatic nitrogens is 4. The Morgan fingerprint density at radius 2 is 1.86 bits per heavy atom. The first kappa shape index (κ1) is 19.9. The van der Waals surface area contributed by atoms with Crippen LogP contribution in [0.15, 0.2) is 30.6 Å². The van der Waals surface area contributed by atoms with Crippen LogP contribution in [-0.4, -0.2) is 37.3 Å². The van der Waals surface area contributed by atoms with Crippen molar-refractivity contribution in [1.82, 2.24) is 19.5 Å². The van der Waals surface area contributed by atoms with Gasteiger partial charge in [0.2, 0.25) is 5.95 Å². The predicted molar refractivity (Wildman–Crippen MR) is 101 cm³/mol. The second-order valence-electron chi connectivity index (χ2n) is 6.23. The molecule has 3 aromatic rings. The molecule has 28 heavy (non-hydrogen) atoms. The zero-order valence-corrected chi connectivity index (χ0v) is 15.5. The zero-order valence-electron chi connectivity index (χ0n) is 15.5. The van der Waals surface area contributed by atoms with E-state index in [2.05, 4.69) is 25.6 Å². The Hall–Kier alpha value is -2.88. The van der Waals surface area contributed by atoms with E-state index >= 15 is 0 Å². The van der Waals surface area contributed by atoms with E-state index in [-0.39, 0.29) is 12.6 Å². The van der Waals surface area contributed by atoms with Crippen molar-refractivity contribution in [3.63, 3.8) is 0 Å². The normalized spacial score (nSPS) is 12.9. The molecule has 0 unspecified atom stereocenters. The number of nitrogens with zero attached hydrogens (tertiary/aromatic N) is 4. The van der Waals surface area contributed by atoms with Gasteiger partial charge in [0, 0.05) is 12.2 Å². The Morgan fingerprint density at radius 1 is 1.14 bits per heavy atom. The highest BCUT2D eigenvalue weighted by Gasteiger charge is 2.30. The van der Waals surface area contributed by atoms with Crippen LogP contribution in [0.25, 0.3) is 11.2 Å². The molecule has 0 fully saturated rings. The fourth-order valence-electron chi connectivity index (χ4n) is 2.67. The number of aryl methyl sites for hydroxylation is 1. The fourth-order valence-corrected chi connectivity index (χ4v) is 2.67. The van der Waals surface area contributed by atoms with Gasteiger partial charge in [0.05, 0.1) is 24.5 Å². The standard InChI is InChI=1S/C18H21F3N6O/c1-3-12(9-28)24-17-25-15(14-16(26-17)27(4-2)10-22-14)23-13-7-5-11(6-8-13)18(19,20)21/h5-8,10,12,28H,3-4,9H2,1-2H3,(H2,23,24,25,26)/t12-/m1/s1. The van der Waals surface area contributed by atoms with Gasteiger partial charge in [-0.1, -0.05) is 6.92 Å². The number of imidazole rings is 1. The van der Waals surface area contributed by atoms with Gasteiger partial charge in [-0.25, -0.2) is 4.98 Å². The van der Waals surface area contributed by atoms with Crippen molar-refractivity contribution in [1.29, 1.82) is 0 Å². The van der Waals surface area contributed by atoms with E-state index < -0.39 is 11.7 Å². The van der Waals surface area contributed by atoms with Crippen LogP contribution < -0.4 is 10.6 Å². The Bertz CT molecular complexity index is 935. The lowest BCUT2D eigenvalue weighted by Gasteiger charge is -2.15. The third-order valence-corrected chi connectivity index (χ3v) is 4.33. The van der Waals surface area contributed by atoms with Crippen LogP contribution in [-0.2, 0) is 12.7 Å². The maximum atomic E-state index is 12.8. The van der Waals surface area contributed by atoms with Gasteiger partial charge < -0.3 is 20.3 Å². The Morgan fingerprint density at radius 3 is 2.43 bits per heavy atom. The van der Waals surface area contributed by atoms with Crippen molar-refractivity contribution < 1.29 is 18.3 Å². The summed E-state index contributed by atoms with van der Waals surface area (Å²) in [6.07, 6.45) is -2.09. The van der Waals surface area contributed by atoms with E-state index in [0.29, 0.717) is 41.6 Å². The first-order valence-electron chi connectivity index (χ1n) is 8.90. The molecule has 2 aromatic heterocycles. The number of hydrogen-bond acceptors (Lipinski definition) is 6. The fraction of sp³-hybridized carbons (Fsp3) is 0.389. The molecule has 0 aliphatic rings. The van der Waals surface area contributed by atoms with Gasteiger partial charge in [0.15, 0.2) is 17.0 Å². The number of aliphatic hydroxyl groups is 1. The SMILES string of the molecule is CC[C@H](CO)Nc1nc(Nc2ccc(C(F)(F)F)cc2)c2ncn(CC)c2n1. The van der Waals surface area contributed by atoms with Gasteiger partial charge in [-0.3, -0.25) is 0 Å². The number of benzene rings is 1. The molecule has 7 nitrogen and oxygen atoms in total. The average Bonchev–Trinajstić information content (AvgIpc) is 3.09. The molecular formula is C18H21F3N6O. The van der Waals surface area contributed by atoms with Gasteiger partial charge in [0.1, 0.15) is 0 Å². The second kappa shape index (κ2) is 8.01. The molecule has 10 heteroatoms. The van der Waals surface area contributed by atoms with E-state index in [1.165, 1.54) is 12.1 Å². The van der Waals surface area contributed by atoms with Crippen LogP contribution in [0.4, 0.5) is 30.6 Å². The molecule has 1 aromatic carbocycles. The van der Waals surface area contributed by atoms with E-state index in [0.717, 1.165) is 12.1 Å². The molecule has 0 bridgehead atoms. The van der Waals surface area contributed by atoms with Crippen molar-refractivity contribution in [2.24, 2.45) is 0 Å². The maximum absolute atomic E-state index is 12.8. The Kier molecular flexibility index (Phi) is 5.68. The van der Waals surface area contributed by atoms with Crippen molar-refractivity contribution in [2.75, 3.05) is 17.2 Å².